The van der Waals surface area contributed by atoms with Crippen molar-refractivity contribution in [2.45, 2.75) is 25.2 Å². The second-order valence-corrected chi connectivity index (χ2v) is 16.0. The molecule has 8 aromatic rings. The van der Waals surface area contributed by atoms with Gasteiger partial charge in [-0.1, -0.05) is 176 Å². The molecule has 0 heterocycles. The normalized spacial score (nSPS) is 14.3. The highest BCUT2D eigenvalue weighted by Crippen LogP contribution is 2.40. The Morgan fingerprint density at radius 3 is 1.05 bits per heavy atom. The molecule has 0 aromatic heterocycles. The van der Waals surface area contributed by atoms with Gasteiger partial charge in [0.25, 0.3) is 0 Å². The molecule has 2 heteroatoms. The van der Waals surface area contributed by atoms with Gasteiger partial charge in [-0.15, -0.1) is 0 Å². The van der Waals surface area contributed by atoms with E-state index in [0.717, 1.165) is 53.4 Å². The summed E-state index contributed by atoms with van der Waals surface area (Å²) in [6.07, 6.45) is 19.0. The maximum atomic E-state index is 2.37. The van der Waals surface area contributed by atoms with Crippen molar-refractivity contribution in [2.75, 3.05) is 9.80 Å². The molecule has 2 nitrogen and oxygen atoms in total. The van der Waals surface area contributed by atoms with Crippen LogP contribution in [0.1, 0.15) is 36.3 Å². The van der Waals surface area contributed by atoms with Crippen LogP contribution in [0, 0.1) is 0 Å². The lowest BCUT2D eigenvalue weighted by atomic mass is 9.92. The largest absolute Gasteiger partial charge is 0.311 e. The molecule has 0 radical (unpaired) electrons. The predicted molar refractivity (Wildman–Crippen MR) is 264 cm³/mol. The highest BCUT2D eigenvalue weighted by atomic mass is 15.1. The lowest BCUT2D eigenvalue weighted by Crippen LogP contribution is -2.10. The van der Waals surface area contributed by atoms with Gasteiger partial charge in [0.05, 0.1) is 0 Å². The molecular formula is C60H48N2. The van der Waals surface area contributed by atoms with Crippen LogP contribution in [0.3, 0.4) is 0 Å². The van der Waals surface area contributed by atoms with E-state index >= 15 is 0 Å². The molecule has 298 valence electrons. The molecule has 0 fully saturated rings. The average molecular weight is 797 g/mol. The molecule has 0 N–H and O–H groups in total. The van der Waals surface area contributed by atoms with Gasteiger partial charge in [0.2, 0.25) is 0 Å². The molecule has 10 rings (SSSR count). The standard InChI is InChI=1S/C60H48N2/c1-5-13-45(14-6-1)49-21-33-55(34-22-49)61(56-35-23-50(24-36-56)46-15-7-2-8-16-46)59-41-29-53(30-42-59)54-31-43-60(44-32-54)62(57-37-25-51(26-38-57)47-17-9-3-10-18-47)58-39-27-52(28-40-58)48-19-11-4-12-20-48/h1-3,5-11,13-17,19-44,47H,4,12,18H2. The third-order valence-corrected chi connectivity index (χ3v) is 12.1. The van der Waals surface area contributed by atoms with Gasteiger partial charge in [0.1, 0.15) is 0 Å². The smallest absolute Gasteiger partial charge is 0.0462 e. The van der Waals surface area contributed by atoms with E-state index in [-0.39, 0.29) is 0 Å². The van der Waals surface area contributed by atoms with Crippen LogP contribution in [0.25, 0.3) is 39.0 Å². The fourth-order valence-electron chi connectivity index (χ4n) is 8.70. The number of anilines is 6. The summed E-state index contributed by atoms with van der Waals surface area (Å²) in [5, 5.41) is 0. The molecule has 0 spiro atoms. The number of hydrogen-bond acceptors (Lipinski definition) is 2. The van der Waals surface area contributed by atoms with Crippen LogP contribution in [-0.2, 0) is 0 Å². The van der Waals surface area contributed by atoms with Crippen LogP contribution in [-0.4, -0.2) is 0 Å². The van der Waals surface area contributed by atoms with Crippen LogP contribution in [0.4, 0.5) is 34.1 Å². The van der Waals surface area contributed by atoms with E-state index < -0.39 is 0 Å². The van der Waals surface area contributed by atoms with E-state index in [4.69, 9.17) is 0 Å². The van der Waals surface area contributed by atoms with E-state index in [1.54, 1.807) is 0 Å². The zero-order valence-corrected chi connectivity index (χ0v) is 34.8. The summed E-state index contributed by atoms with van der Waals surface area (Å²) in [5.41, 5.74) is 17.8. The Hall–Kier alpha value is -7.68. The van der Waals surface area contributed by atoms with Crippen molar-refractivity contribution in [2.24, 2.45) is 0 Å². The van der Waals surface area contributed by atoms with Gasteiger partial charge in [0, 0.05) is 40.0 Å². The molecule has 1 atom stereocenters. The van der Waals surface area contributed by atoms with Crippen molar-refractivity contribution < 1.29 is 0 Å². The minimum atomic E-state index is 0.414. The van der Waals surface area contributed by atoms with E-state index in [1.165, 1.54) is 50.1 Å². The van der Waals surface area contributed by atoms with Crippen molar-refractivity contribution in [1.29, 1.82) is 0 Å². The number of rotatable bonds is 11. The number of hydrogen-bond donors (Lipinski definition) is 0. The van der Waals surface area contributed by atoms with Crippen LogP contribution >= 0.6 is 0 Å². The minimum Gasteiger partial charge on any atom is -0.311 e. The van der Waals surface area contributed by atoms with Gasteiger partial charge in [-0.2, -0.15) is 0 Å². The number of benzene rings is 8. The zero-order valence-electron chi connectivity index (χ0n) is 34.8. The van der Waals surface area contributed by atoms with Gasteiger partial charge in [-0.3, -0.25) is 0 Å². The number of allylic oxidation sites excluding steroid dienone is 8. The molecule has 2 aliphatic rings. The van der Waals surface area contributed by atoms with E-state index in [1.807, 2.05) is 0 Å². The first-order valence-electron chi connectivity index (χ1n) is 21.8. The molecule has 0 amide bonds. The summed E-state index contributed by atoms with van der Waals surface area (Å²) in [4.78, 5) is 4.71. The highest BCUT2D eigenvalue weighted by molar-refractivity contribution is 5.83. The predicted octanol–water partition coefficient (Wildman–Crippen LogP) is 17.0. The minimum absolute atomic E-state index is 0.414. The van der Waals surface area contributed by atoms with Gasteiger partial charge in [-0.25, -0.2) is 0 Å². The van der Waals surface area contributed by atoms with Gasteiger partial charge in [0.15, 0.2) is 0 Å². The monoisotopic (exact) mass is 796 g/mol. The topological polar surface area (TPSA) is 6.48 Å². The molecule has 2 aliphatic carbocycles. The molecule has 0 bridgehead atoms. The van der Waals surface area contributed by atoms with Crippen LogP contribution in [0.2, 0.25) is 0 Å². The first-order chi connectivity index (χ1) is 30.7. The first kappa shape index (κ1) is 38.5. The van der Waals surface area contributed by atoms with Crippen molar-refractivity contribution in [3.63, 3.8) is 0 Å². The molecule has 8 aromatic carbocycles. The van der Waals surface area contributed by atoms with Crippen molar-refractivity contribution >= 4 is 39.7 Å². The fourth-order valence-corrected chi connectivity index (χ4v) is 8.70. The molecule has 1 unspecified atom stereocenters. The van der Waals surface area contributed by atoms with Crippen LogP contribution in [0.15, 0.2) is 249 Å². The molecule has 62 heavy (non-hydrogen) atoms. The average Bonchev–Trinajstić information content (AvgIpc) is 3.36. The Bertz CT molecular complexity index is 2770. The maximum absolute atomic E-state index is 2.37. The van der Waals surface area contributed by atoms with Crippen molar-refractivity contribution in [3.05, 3.63) is 260 Å². The Balaban J connectivity index is 0.951. The third kappa shape index (κ3) is 8.37. The van der Waals surface area contributed by atoms with Crippen molar-refractivity contribution in [3.8, 4) is 33.4 Å². The SMILES string of the molecule is C1=CCC(c2ccc(N(c3ccc(C4=CCCC=C4)cc3)c3ccc(-c4ccc(N(c5ccc(-c6ccccc6)cc5)c5ccc(-c6ccccc6)cc5)cc4)cc3)cc2)C=C1. The highest BCUT2D eigenvalue weighted by Gasteiger charge is 2.17. The van der Waals surface area contributed by atoms with Crippen LogP contribution in [0.5, 0.6) is 0 Å². The summed E-state index contributed by atoms with van der Waals surface area (Å²) >= 11 is 0. The zero-order chi connectivity index (χ0) is 41.5. The summed E-state index contributed by atoms with van der Waals surface area (Å²) in [7, 11) is 0. The quantitative estimate of drug-likeness (QED) is 0.129. The number of nitrogens with zero attached hydrogens (tertiary/aromatic N) is 2. The van der Waals surface area contributed by atoms with E-state index in [2.05, 4.69) is 259 Å². The van der Waals surface area contributed by atoms with E-state index in [9.17, 15) is 0 Å². The second kappa shape index (κ2) is 17.9. The molecule has 0 saturated heterocycles. The van der Waals surface area contributed by atoms with Crippen LogP contribution < -0.4 is 9.80 Å². The Labute approximate surface area is 366 Å². The first-order valence-corrected chi connectivity index (χ1v) is 21.8. The van der Waals surface area contributed by atoms with Gasteiger partial charge in [-0.05, 0) is 142 Å². The van der Waals surface area contributed by atoms with Gasteiger partial charge < -0.3 is 9.80 Å². The summed E-state index contributed by atoms with van der Waals surface area (Å²) in [6, 6.07) is 75.0. The Morgan fingerprint density at radius 2 is 0.694 bits per heavy atom. The maximum Gasteiger partial charge on any atom is 0.0462 e. The summed E-state index contributed by atoms with van der Waals surface area (Å²) in [5.74, 6) is 0.414. The summed E-state index contributed by atoms with van der Waals surface area (Å²) < 4.78 is 0. The summed E-state index contributed by atoms with van der Waals surface area (Å²) in [6.45, 7) is 0. The lowest BCUT2D eigenvalue weighted by molar-refractivity contribution is 0.854. The molecule has 0 aliphatic heterocycles. The van der Waals surface area contributed by atoms with E-state index in [0.29, 0.717) is 5.92 Å². The third-order valence-electron chi connectivity index (χ3n) is 12.1. The lowest BCUT2D eigenvalue weighted by Gasteiger charge is -2.27. The fraction of sp³-hybridized carbons (Fsp3) is 0.0667. The Kier molecular flexibility index (Phi) is 11.1. The second-order valence-electron chi connectivity index (χ2n) is 16.0. The van der Waals surface area contributed by atoms with Gasteiger partial charge >= 0.3 is 0 Å². The van der Waals surface area contributed by atoms with Crippen molar-refractivity contribution in [1.82, 2.24) is 0 Å². The molecule has 0 saturated carbocycles. The Morgan fingerprint density at radius 1 is 0.323 bits per heavy atom. The molecular weight excluding hydrogens is 749 g/mol.